The van der Waals surface area contributed by atoms with Crippen LogP contribution in [0.5, 0.6) is 0 Å². The van der Waals surface area contributed by atoms with E-state index in [9.17, 15) is 28.0 Å². The molecule has 5 aliphatic rings. The van der Waals surface area contributed by atoms with Crippen molar-refractivity contribution >= 4 is 51.6 Å². The van der Waals surface area contributed by atoms with Crippen molar-refractivity contribution in [2.24, 2.45) is 13.0 Å². The Hall–Kier alpha value is -5.80. The predicted molar refractivity (Wildman–Crippen MR) is 239 cm³/mol. The predicted octanol–water partition coefficient (Wildman–Crippen LogP) is 3.94. The van der Waals surface area contributed by atoms with Crippen molar-refractivity contribution in [3.8, 4) is 0 Å². The van der Waals surface area contributed by atoms with Gasteiger partial charge in [0.25, 0.3) is 12.3 Å². The third-order valence-electron chi connectivity index (χ3n) is 14.3. The average Bonchev–Trinajstić information content (AvgIpc) is 4.00. The van der Waals surface area contributed by atoms with Gasteiger partial charge in [-0.15, -0.1) is 0 Å². The minimum absolute atomic E-state index is 0.0276. The van der Waals surface area contributed by atoms with Crippen LogP contribution in [0.3, 0.4) is 0 Å². The molecule has 4 saturated heterocycles. The highest BCUT2D eigenvalue weighted by Crippen LogP contribution is 2.38. The van der Waals surface area contributed by atoms with Crippen molar-refractivity contribution in [2.75, 3.05) is 87.2 Å². The van der Waals surface area contributed by atoms with Gasteiger partial charge >= 0.3 is 5.69 Å². The first kappa shape index (κ1) is 44.1. The summed E-state index contributed by atoms with van der Waals surface area (Å²) in [5.74, 6) is -0.307. The van der Waals surface area contributed by atoms with Gasteiger partial charge in [0.1, 0.15) is 17.4 Å². The van der Waals surface area contributed by atoms with Crippen molar-refractivity contribution in [3.63, 3.8) is 0 Å². The molecule has 2 atom stereocenters. The third kappa shape index (κ3) is 8.44. The van der Waals surface area contributed by atoms with Crippen LogP contribution in [0, 0.1) is 5.92 Å². The quantitative estimate of drug-likeness (QED) is 0.173. The van der Waals surface area contributed by atoms with Gasteiger partial charge in [-0.2, -0.15) is 10.2 Å². The summed E-state index contributed by atoms with van der Waals surface area (Å²) >= 11 is 0. The molecule has 8 heterocycles. The van der Waals surface area contributed by atoms with Crippen LogP contribution in [0.2, 0.25) is 0 Å². The summed E-state index contributed by atoms with van der Waals surface area (Å²) in [7, 11) is 1.65. The number of carbonyl (C=O) groups excluding carboxylic acids is 3. The smallest absolute Gasteiger partial charge is 0.329 e. The topological polar surface area (TPSA) is 172 Å². The van der Waals surface area contributed by atoms with Crippen LogP contribution in [0.1, 0.15) is 86.4 Å². The fraction of sp³-hybridized carbons (Fsp3) is 0.578. The van der Waals surface area contributed by atoms with Crippen LogP contribution in [-0.2, 0) is 21.4 Å². The SMILES string of the molecule is CCC1CN(c2ccn3ncc(C(=O)Nc4cn([C@H]5CC[C@H](CN6CCN(CC7(F)CN(c8cccc9c8n(C)c(=O)n9C8CCC(=O)NC8=O)C7)CC6)CC5)nc4C(F)F)c3n2)CCO1. The number of imide groups is 1. The van der Waals surface area contributed by atoms with Crippen LogP contribution < -0.4 is 26.1 Å². The zero-order valence-corrected chi connectivity index (χ0v) is 37.3. The monoisotopic (exact) mass is 915 g/mol. The van der Waals surface area contributed by atoms with Crippen LogP contribution in [0.4, 0.5) is 30.4 Å². The number of piperazine rings is 1. The molecule has 4 aliphatic heterocycles. The highest BCUT2D eigenvalue weighted by Gasteiger charge is 2.46. The number of halogens is 3. The second-order valence-electron chi connectivity index (χ2n) is 18.7. The van der Waals surface area contributed by atoms with Crippen LogP contribution in [-0.4, -0.2) is 145 Å². The fourth-order valence-corrected chi connectivity index (χ4v) is 10.7. The van der Waals surface area contributed by atoms with Crippen LogP contribution in [0.15, 0.2) is 47.7 Å². The molecule has 352 valence electrons. The first-order valence-electron chi connectivity index (χ1n) is 23.2. The maximum absolute atomic E-state index is 16.2. The van der Waals surface area contributed by atoms with Gasteiger partial charge in [-0.05, 0) is 62.6 Å². The second kappa shape index (κ2) is 17.8. The van der Waals surface area contributed by atoms with Crippen molar-refractivity contribution in [1.29, 1.82) is 0 Å². The molecule has 0 radical (unpaired) electrons. The van der Waals surface area contributed by atoms with Crippen molar-refractivity contribution < 1.29 is 32.3 Å². The maximum Gasteiger partial charge on any atom is 0.329 e. The Labute approximate surface area is 378 Å². The number of hydrogen-bond acceptors (Lipinski definition) is 12. The van der Waals surface area contributed by atoms with E-state index in [1.165, 1.54) is 26.0 Å². The number of piperidine rings is 1. The van der Waals surface area contributed by atoms with Crippen molar-refractivity contribution in [1.82, 2.24) is 48.6 Å². The zero-order chi connectivity index (χ0) is 45.9. The second-order valence-corrected chi connectivity index (χ2v) is 18.7. The Morgan fingerprint density at radius 1 is 1.00 bits per heavy atom. The highest BCUT2D eigenvalue weighted by molar-refractivity contribution is 6.08. The molecule has 4 aromatic heterocycles. The Morgan fingerprint density at radius 2 is 1.77 bits per heavy atom. The number of hydrogen-bond donors (Lipinski definition) is 2. The number of amides is 3. The summed E-state index contributed by atoms with van der Waals surface area (Å²) in [4.78, 5) is 64.9. The van der Waals surface area contributed by atoms with Crippen LogP contribution in [0.25, 0.3) is 16.7 Å². The van der Waals surface area contributed by atoms with Gasteiger partial charge in [0.15, 0.2) is 17.0 Å². The van der Waals surface area contributed by atoms with E-state index in [0.29, 0.717) is 54.7 Å². The van der Waals surface area contributed by atoms with E-state index < -0.39 is 35.6 Å². The maximum atomic E-state index is 16.2. The Morgan fingerprint density at radius 3 is 2.52 bits per heavy atom. The molecule has 66 heavy (non-hydrogen) atoms. The average molecular weight is 916 g/mol. The molecular formula is C45H56F3N13O5. The number of benzene rings is 1. The number of carbonyl (C=O) groups is 3. The number of para-hydroxylation sites is 1. The number of aromatic nitrogens is 7. The van der Waals surface area contributed by atoms with E-state index in [0.717, 1.165) is 70.5 Å². The number of alkyl halides is 3. The van der Waals surface area contributed by atoms with E-state index in [-0.39, 0.29) is 60.9 Å². The fourth-order valence-electron chi connectivity index (χ4n) is 10.7. The number of rotatable bonds is 12. The lowest BCUT2D eigenvalue weighted by Crippen LogP contribution is -2.65. The van der Waals surface area contributed by atoms with E-state index in [1.54, 1.807) is 24.0 Å². The number of ether oxygens (including phenoxy) is 1. The number of fused-ring (bicyclic) bond motifs is 2. The van der Waals surface area contributed by atoms with Gasteiger partial charge in [0.05, 0.1) is 60.4 Å². The molecule has 3 amide bonds. The first-order valence-corrected chi connectivity index (χ1v) is 23.2. The molecule has 2 unspecified atom stereocenters. The molecule has 21 heteroatoms. The molecule has 1 aromatic carbocycles. The summed E-state index contributed by atoms with van der Waals surface area (Å²) < 4.78 is 56.8. The summed E-state index contributed by atoms with van der Waals surface area (Å²) in [6.07, 6.45) is 6.49. The molecule has 18 nitrogen and oxygen atoms in total. The Balaban J connectivity index is 0.703. The third-order valence-corrected chi connectivity index (χ3v) is 14.3. The number of imidazole rings is 1. The van der Waals surface area contributed by atoms with Gasteiger partial charge in [-0.25, -0.2) is 27.5 Å². The zero-order valence-electron chi connectivity index (χ0n) is 37.3. The number of anilines is 3. The van der Waals surface area contributed by atoms with Gasteiger partial charge in [-0.3, -0.25) is 38.4 Å². The summed E-state index contributed by atoms with van der Waals surface area (Å²) in [6.45, 7) is 8.73. The molecular weight excluding hydrogens is 860 g/mol. The lowest BCUT2D eigenvalue weighted by atomic mass is 9.85. The lowest BCUT2D eigenvalue weighted by Gasteiger charge is -2.49. The van der Waals surface area contributed by atoms with Gasteiger partial charge < -0.3 is 24.8 Å². The number of nitrogens with zero attached hydrogens (tertiary/aromatic N) is 11. The Kier molecular flexibility index (Phi) is 11.9. The van der Waals surface area contributed by atoms with Gasteiger partial charge in [0.2, 0.25) is 11.8 Å². The lowest BCUT2D eigenvalue weighted by molar-refractivity contribution is -0.135. The minimum Gasteiger partial charge on any atom is -0.375 e. The largest absolute Gasteiger partial charge is 0.375 e. The van der Waals surface area contributed by atoms with Crippen LogP contribution >= 0.6 is 0 Å². The molecule has 1 aliphatic carbocycles. The summed E-state index contributed by atoms with van der Waals surface area (Å²) in [5, 5.41) is 13.6. The Bertz CT molecular complexity index is 2690. The van der Waals surface area contributed by atoms with E-state index >= 15 is 4.39 Å². The summed E-state index contributed by atoms with van der Waals surface area (Å²) in [6, 6.07) is 6.45. The normalized spacial score (nSPS) is 24.3. The first-order chi connectivity index (χ1) is 31.8. The number of aryl methyl sites for hydroxylation is 1. The molecule has 0 spiro atoms. The standard InChI is InChI=1S/C45H56F3N13O5/c1-3-30-23-57(19-20-66-30)36-13-14-59-41(51-36)31(21-49-59)42(63)50-32-24-60(53-38(32)40(46)47)29-9-7-28(8-10-29)22-55-15-17-56(18-16-55)25-45(48)26-58(27-45)33-5-4-6-34-39(33)54(2)44(65)61(34)35-11-12-37(62)52-43(35)64/h4-6,13-14,21,24,28-30,35,40H,3,7-12,15-20,22-23,25-27H2,1-2H3,(H,50,63)(H,52,62,64)/t28-,29-,30?,35?. The van der Waals surface area contributed by atoms with Crippen molar-refractivity contribution in [2.45, 2.75) is 82.2 Å². The van der Waals surface area contributed by atoms with E-state index in [2.05, 4.69) is 42.5 Å². The molecule has 1 saturated carbocycles. The van der Waals surface area contributed by atoms with Gasteiger partial charge in [0, 0.05) is 78.2 Å². The molecule has 5 fully saturated rings. The number of nitrogens with one attached hydrogen (secondary N) is 2. The minimum atomic E-state index is -2.88. The molecule has 0 bridgehead atoms. The van der Waals surface area contributed by atoms with Crippen molar-refractivity contribution in [3.05, 3.63) is 64.6 Å². The molecule has 2 N–H and O–H groups in total. The molecule has 10 rings (SSSR count). The van der Waals surface area contributed by atoms with E-state index in [1.807, 2.05) is 23.1 Å². The van der Waals surface area contributed by atoms with E-state index in [4.69, 9.17) is 9.72 Å². The number of morpholine rings is 1. The van der Waals surface area contributed by atoms with Gasteiger partial charge in [-0.1, -0.05) is 13.0 Å². The highest BCUT2D eigenvalue weighted by atomic mass is 19.3. The summed E-state index contributed by atoms with van der Waals surface area (Å²) in [5.41, 5.74) is 0.187. The molecule has 5 aromatic rings.